The van der Waals surface area contributed by atoms with E-state index in [1.165, 1.54) is 12.0 Å². The highest BCUT2D eigenvalue weighted by molar-refractivity contribution is 5.20. The second-order valence-electron chi connectivity index (χ2n) is 5.32. The second kappa shape index (κ2) is 8.39. The molecule has 0 bridgehead atoms. The Morgan fingerprint density at radius 1 is 1.32 bits per heavy atom. The molecule has 1 unspecified atom stereocenters. The van der Waals surface area contributed by atoms with Gasteiger partial charge >= 0.3 is 0 Å². The molecule has 0 aliphatic heterocycles. The minimum absolute atomic E-state index is 0.608. The average Bonchev–Trinajstić information content (AvgIpc) is 2.76. The maximum Gasteiger partial charge on any atom is 0.120 e. The van der Waals surface area contributed by atoms with Crippen molar-refractivity contribution >= 4 is 0 Å². The summed E-state index contributed by atoms with van der Waals surface area (Å²) in [7, 11) is 0. The largest absolute Gasteiger partial charge is 0.463 e. The van der Waals surface area contributed by atoms with E-state index in [2.05, 4.69) is 50.9 Å². The normalized spacial score (nSPS) is 13.2. The van der Waals surface area contributed by atoms with Crippen molar-refractivity contribution in [3.63, 3.8) is 0 Å². The van der Waals surface area contributed by atoms with Crippen LogP contribution in [0.4, 0.5) is 0 Å². The molecule has 0 saturated carbocycles. The Kier molecular flexibility index (Phi) is 7.17. The van der Waals surface area contributed by atoms with Crippen molar-refractivity contribution in [2.45, 2.75) is 66.6 Å². The molecule has 19 heavy (non-hydrogen) atoms. The molecule has 0 radical (unpaired) electrons. The summed E-state index contributed by atoms with van der Waals surface area (Å²) in [6, 6.07) is 2.80. The Morgan fingerprint density at radius 2 is 2.05 bits per heavy atom. The molecule has 0 aliphatic rings. The molecule has 0 aromatic carbocycles. The monoisotopic (exact) mass is 266 g/mol. The standard InChI is InChI=1S/C16H30N2O/c1-6-9-17-11-16-13(4)10-15(19-16)12-18(8-3)14(5)7-2/h10,14,17H,6-9,11-12H2,1-5H3. The average molecular weight is 266 g/mol. The minimum atomic E-state index is 0.608. The van der Waals surface area contributed by atoms with Gasteiger partial charge in [-0.1, -0.05) is 20.8 Å². The number of aryl methyl sites for hydroxylation is 1. The summed E-state index contributed by atoms with van der Waals surface area (Å²) in [6.07, 6.45) is 2.34. The van der Waals surface area contributed by atoms with Gasteiger partial charge in [-0.15, -0.1) is 0 Å². The van der Waals surface area contributed by atoms with Gasteiger partial charge in [-0.2, -0.15) is 0 Å². The van der Waals surface area contributed by atoms with Crippen molar-refractivity contribution < 1.29 is 4.42 Å². The lowest BCUT2D eigenvalue weighted by molar-refractivity contribution is 0.189. The van der Waals surface area contributed by atoms with Gasteiger partial charge in [0.05, 0.1) is 13.1 Å². The van der Waals surface area contributed by atoms with Crippen molar-refractivity contribution in [3.8, 4) is 0 Å². The number of furan rings is 1. The Morgan fingerprint density at radius 3 is 2.63 bits per heavy atom. The summed E-state index contributed by atoms with van der Waals surface area (Å²) in [6.45, 7) is 14.9. The summed E-state index contributed by atoms with van der Waals surface area (Å²) in [5.74, 6) is 2.18. The second-order valence-corrected chi connectivity index (χ2v) is 5.32. The fourth-order valence-electron chi connectivity index (χ4n) is 2.26. The van der Waals surface area contributed by atoms with E-state index < -0.39 is 0 Å². The number of hydrogen-bond acceptors (Lipinski definition) is 3. The smallest absolute Gasteiger partial charge is 0.120 e. The minimum Gasteiger partial charge on any atom is -0.463 e. The van der Waals surface area contributed by atoms with E-state index in [4.69, 9.17) is 4.42 Å². The van der Waals surface area contributed by atoms with Gasteiger partial charge in [0.15, 0.2) is 0 Å². The van der Waals surface area contributed by atoms with Crippen LogP contribution in [0.15, 0.2) is 10.5 Å². The molecule has 0 fully saturated rings. The molecule has 1 rings (SSSR count). The molecule has 1 aromatic heterocycles. The van der Waals surface area contributed by atoms with Crippen molar-refractivity contribution in [3.05, 3.63) is 23.2 Å². The summed E-state index contributed by atoms with van der Waals surface area (Å²) in [4.78, 5) is 2.46. The lowest BCUT2D eigenvalue weighted by Gasteiger charge is -2.25. The van der Waals surface area contributed by atoms with Gasteiger partial charge < -0.3 is 9.73 Å². The van der Waals surface area contributed by atoms with E-state index in [1.54, 1.807) is 0 Å². The van der Waals surface area contributed by atoms with Gasteiger partial charge in [-0.05, 0) is 51.4 Å². The van der Waals surface area contributed by atoms with E-state index in [0.29, 0.717) is 6.04 Å². The third-order valence-electron chi connectivity index (χ3n) is 3.76. The van der Waals surface area contributed by atoms with Crippen LogP contribution in [0.1, 0.15) is 57.6 Å². The topological polar surface area (TPSA) is 28.4 Å². The molecule has 110 valence electrons. The van der Waals surface area contributed by atoms with Gasteiger partial charge in [-0.3, -0.25) is 4.90 Å². The zero-order chi connectivity index (χ0) is 14.3. The summed E-state index contributed by atoms with van der Waals surface area (Å²) in [5, 5.41) is 3.40. The van der Waals surface area contributed by atoms with Crippen LogP contribution < -0.4 is 5.32 Å². The van der Waals surface area contributed by atoms with E-state index >= 15 is 0 Å². The van der Waals surface area contributed by atoms with Gasteiger partial charge in [0.2, 0.25) is 0 Å². The van der Waals surface area contributed by atoms with Crippen molar-refractivity contribution in [2.24, 2.45) is 0 Å². The van der Waals surface area contributed by atoms with Crippen LogP contribution in [-0.2, 0) is 13.1 Å². The lowest BCUT2D eigenvalue weighted by Crippen LogP contribution is -2.31. The number of rotatable bonds is 9. The molecule has 1 atom stereocenters. The lowest BCUT2D eigenvalue weighted by atomic mass is 10.2. The molecular formula is C16H30N2O. The summed E-state index contributed by atoms with van der Waals surface area (Å²) < 4.78 is 5.98. The predicted octanol–water partition coefficient (Wildman–Crippen LogP) is 3.71. The van der Waals surface area contributed by atoms with E-state index in [0.717, 1.165) is 44.1 Å². The van der Waals surface area contributed by atoms with Crippen molar-refractivity contribution in [1.29, 1.82) is 0 Å². The maximum absolute atomic E-state index is 5.98. The molecule has 1 N–H and O–H groups in total. The highest BCUT2D eigenvalue weighted by atomic mass is 16.3. The Balaban J connectivity index is 2.61. The fourth-order valence-corrected chi connectivity index (χ4v) is 2.26. The fraction of sp³-hybridized carbons (Fsp3) is 0.750. The van der Waals surface area contributed by atoms with E-state index in [1.807, 2.05) is 0 Å². The first kappa shape index (κ1) is 16.3. The first-order valence-electron chi connectivity index (χ1n) is 7.65. The molecule has 0 spiro atoms. The molecule has 0 amide bonds. The van der Waals surface area contributed by atoms with Crippen LogP contribution in [0.3, 0.4) is 0 Å². The van der Waals surface area contributed by atoms with Crippen molar-refractivity contribution in [1.82, 2.24) is 10.2 Å². The van der Waals surface area contributed by atoms with Crippen LogP contribution in [0.5, 0.6) is 0 Å². The van der Waals surface area contributed by atoms with Crippen molar-refractivity contribution in [2.75, 3.05) is 13.1 Å². The first-order chi connectivity index (χ1) is 9.12. The summed E-state index contributed by atoms with van der Waals surface area (Å²) in [5.41, 5.74) is 1.26. The zero-order valence-corrected chi connectivity index (χ0v) is 13.3. The SMILES string of the molecule is CCCNCc1oc(CN(CC)C(C)CC)cc1C. The van der Waals surface area contributed by atoms with Crippen LogP contribution in [0.25, 0.3) is 0 Å². The van der Waals surface area contributed by atoms with Gasteiger partial charge in [0.1, 0.15) is 11.5 Å². The van der Waals surface area contributed by atoms with Crippen LogP contribution in [-0.4, -0.2) is 24.0 Å². The molecule has 0 aliphatic carbocycles. The molecule has 3 heteroatoms. The number of nitrogens with zero attached hydrogens (tertiary/aromatic N) is 1. The molecule has 1 heterocycles. The van der Waals surface area contributed by atoms with Crippen LogP contribution in [0.2, 0.25) is 0 Å². The molecule has 0 saturated heterocycles. The molecule has 1 aromatic rings. The van der Waals surface area contributed by atoms with Crippen LogP contribution in [0, 0.1) is 6.92 Å². The number of nitrogens with one attached hydrogen (secondary N) is 1. The zero-order valence-electron chi connectivity index (χ0n) is 13.3. The van der Waals surface area contributed by atoms with Gasteiger partial charge in [0, 0.05) is 6.04 Å². The Hall–Kier alpha value is -0.800. The third kappa shape index (κ3) is 5.00. The van der Waals surface area contributed by atoms with Gasteiger partial charge in [0.25, 0.3) is 0 Å². The Labute approximate surface area is 118 Å². The maximum atomic E-state index is 5.98. The quantitative estimate of drug-likeness (QED) is 0.691. The molecular weight excluding hydrogens is 236 g/mol. The molecule has 3 nitrogen and oxygen atoms in total. The highest BCUT2D eigenvalue weighted by Gasteiger charge is 2.14. The first-order valence-corrected chi connectivity index (χ1v) is 7.65. The van der Waals surface area contributed by atoms with Crippen LogP contribution >= 0.6 is 0 Å². The summed E-state index contributed by atoms with van der Waals surface area (Å²) >= 11 is 0. The Bertz CT molecular complexity index is 360. The highest BCUT2D eigenvalue weighted by Crippen LogP contribution is 2.18. The van der Waals surface area contributed by atoms with E-state index in [9.17, 15) is 0 Å². The number of hydrogen-bond donors (Lipinski definition) is 1. The third-order valence-corrected chi connectivity index (χ3v) is 3.76. The van der Waals surface area contributed by atoms with Gasteiger partial charge in [-0.25, -0.2) is 0 Å². The van der Waals surface area contributed by atoms with E-state index in [-0.39, 0.29) is 0 Å². The predicted molar refractivity (Wildman–Crippen MR) is 81.3 cm³/mol.